The number of nitrogens with zero attached hydrogens (tertiary/aromatic N) is 3. The van der Waals surface area contributed by atoms with Crippen LogP contribution in [0, 0.1) is 25.2 Å². The summed E-state index contributed by atoms with van der Waals surface area (Å²) in [5, 5.41) is 11.7. The highest BCUT2D eigenvalue weighted by Gasteiger charge is 2.30. The summed E-state index contributed by atoms with van der Waals surface area (Å²) in [6, 6.07) is 14.1. The molecule has 0 bridgehead atoms. The van der Waals surface area contributed by atoms with Crippen LogP contribution in [0.5, 0.6) is 0 Å². The molecule has 1 heterocycles. The fourth-order valence-corrected chi connectivity index (χ4v) is 5.05. The monoisotopic (exact) mass is 412 g/mol. The van der Waals surface area contributed by atoms with E-state index in [9.17, 15) is 13.2 Å². The molecule has 29 heavy (non-hydrogen) atoms. The molecular formula is C21H24N4O3S. The molecule has 152 valence electrons. The average Bonchev–Trinajstić information content (AvgIpc) is 2.68. The highest BCUT2D eigenvalue weighted by molar-refractivity contribution is 7.89. The Morgan fingerprint density at radius 1 is 1.10 bits per heavy atom. The largest absolute Gasteiger partial charge is 0.325 e. The quantitative estimate of drug-likeness (QED) is 0.812. The first-order chi connectivity index (χ1) is 13.8. The number of carbonyl (C=O) groups is 1. The van der Waals surface area contributed by atoms with Crippen molar-refractivity contribution in [2.45, 2.75) is 18.7 Å². The van der Waals surface area contributed by atoms with E-state index < -0.39 is 10.0 Å². The summed E-state index contributed by atoms with van der Waals surface area (Å²) in [6.45, 7) is 5.56. The number of carbonyl (C=O) groups excluding carboxylic acids is 1. The van der Waals surface area contributed by atoms with E-state index in [1.165, 1.54) is 4.31 Å². The molecule has 0 spiro atoms. The minimum atomic E-state index is -3.54. The first-order valence-electron chi connectivity index (χ1n) is 9.39. The van der Waals surface area contributed by atoms with Gasteiger partial charge in [0.15, 0.2) is 0 Å². The predicted molar refractivity (Wildman–Crippen MR) is 111 cm³/mol. The SMILES string of the molecule is Cc1ccc(S(=O)(=O)N2CCN(CC(=O)Nc3cccc(C#N)c3)CC2)c(C)c1. The summed E-state index contributed by atoms with van der Waals surface area (Å²) < 4.78 is 27.4. The van der Waals surface area contributed by atoms with Gasteiger partial charge in [-0.15, -0.1) is 0 Å². The topological polar surface area (TPSA) is 93.5 Å². The molecule has 1 fully saturated rings. The molecule has 0 unspecified atom stereocenters. The molecule has 1 saturated heterocycles. The molecule has 0 radical (unpaired) electrons. The standard InChI is InChI=1S/C21H24N4O3S/c1-16-6-7-20(17(2)12-16)29(27,28)25-10-8-24(9-11-25)15-21(26)23-19-5-3-4-18(13-19)14-22/h3-7,12-13H,8-11,15H2,1-2H3,(H,23,26). The minimum absolute atomic E-state index is 0.175. The zero-order valence-electron chi connectivity index (χ0n) is 16.6. The van der Waals surface area contributed by atoms with Gasteiger partial charge in [-0.25, -0.2) is 8.42 Å². The third kappa shape index (κ3) is 5.01. The van der Waals surface area contributed by atoms with E-state index in [2.05, 4.69) is 5.32 Å². The van der Waals surface area contributed by atoms with Gasteiger partial charge in [-0.1, -0.05) is 23.8 Å². The van der Waals surface area contributed by atoms with E-state index >= 15 is 0 Å². The molecule has 3 rings (SSSR count). The van der Waals surface area contributed by atoms with Gasteiger partial charge in [0.25, 0.3) is 0 Å². The van der Waals surface area contributed by atoms with E-state index in [0.717, 1.165) is 11.1 Å². The molecule has 1 amide bonds. The van der Waals surface area contributed by atoms with Crippen LogP contribution in [-0.4, -0.2) is 56.3 Å². The van der Waals surface area contributed by atoms with Crippen LogP contribution < -0.4 is 5.32 Å². The van der Waals surface area contributed by atoms with Crippen LogP contribution in [0.3, 0.4) is 0 Å². The van der Waals surface area contributed by atoms with Crippen molar-refractivity contribution in [3.05, 3.63) is 59.2 Å². The third-order valence-corrected chi connectivity index (χ3v) is 6.98. The average molecular weight is 413 g/mol. The Kier molecular flexibility index (Phi) is 6.33. The Bertz CT molecular complexity index is 1050. The van der Waals surface area contributed by atoms with Crippen molar-refractivity contribution in [2.75, 3.05) is 38.0 Å². The lowest BCUT2D eigenvalue weighted by molar-refractivity contribution is -0.117. The number of hydrogen-bond acceptors (Lipinski definition) is 5. The molecular weight excluding hydrogens is 388 g/mol. The van der Waals surface area contributed by atoms with Gasteiger partial charge in [0.1, 0.15) is 0 Å². The maximum absolute atomic E-state index is 13.0. The summed E-state index contributed by atoms with van der Waals surface area (Å²) in [6.07, 6.45) is 0. The van der Waals surface area contributed by atoms with Crippen molar-refractivity contribution in [3.63, 3.8) is 0 Å². The fourth-order valence-electron chi connectivity index (χ4n) is 3.43. The van der Waals surface area contributed by atoms with Gasteiger partial charge in [0.05, 0.1) is 23.1 Å². The van der Waals surface area contributed by atoms with Gasteiger partial charge in [0, 0.05) is 31.9 Å². The Morgan fingerprint density at radius 3 is 2.48 bits per heavy atom. The van der Waals surface area contributed by atoms with E-state index in [1.807, 2.05) is 36.9 Å². The Balaban J connectivity index is 1.57. The van der Waals surface area contributed by atoms with Gasteiger partial charge >= 0.3 is 0 Å². The van der Waals surface area contributed by atoms with Crippen LogP contribution in [0.15, 0.2) is 47.4 Å². The van der Waals surface area contributed by atoms with Crippen LogP contribution in [0.25, 0.3) is 0 Å². The normalized spacial score (nSPS) is 15.6. The second-order valence-electron chi connectivity index (χ2n) is 7.19. The van der Waals surface area contributed by atoms with Gasteiger partial charge in [-0.3, -0.25) is 9.69 Å². The molecule has 2 aromatic carbocycles. The lowest BCUT2D eigenvalue weighted by Crippen LogP contribution is -2.50. The Labute approximate surface area is 171 Å². The number of aryl methyl sites for hydroxylation is 2. The van der Waals surface area contributed by atoms with Crippen molar-refractivity contribution in [3.8, 4) is 6.07 Å². The van der Waals surface area contributed by atoms with E-state index in [1.54, 1.807) is 30.3 Å². The van der Waals surface area contributed by atoms with Crippen LogP contribution in [0.1, 0.15) is 16.7 Å². The second-order valence-corrected chi connectivity index (χ2v) is 9.10. The lowest BCUT2D eigenvalue weighted by atomic mass is 10.2. The van der Waals surface area contributed by atoms with Crippen LogP contribution >= 0.6 is 0 Å². The Hall–Kier alpha value is -2.73. The second kappa shape index (κ2) is 8.74. The van der Waals surface area contributed by atoms with Crippen LogP contribution in [0.2, 0.25) is 0 Å². The molecule has 0 aliphatic carbocycles. The third-order valence-electron chi connectivity index (χ3n) is 4.92. The molecule has 0 saturated carbocycles. The van der Waals surface area contributed by atoms with E-state index in [-0.39, 0.29) is 12.5 Å². The predicted octanol–water partition coefficient (Wildman–Crippen LogP) is 2.12. The molecule has 8 heteroatoms. The molecule has 1 N–H and O–H groups in total. The van der Waals surface area contributed by atoms with Crippen molar-refractivity contribution in [1.29, 1.82) is 5.26 Å². The number of benzene rings is 2. The number of nitrogens with one attached hydrogen (secondary N) is 1. The molecule has 7 nitrogen and oxygen atoms in total. The zero-order valence-corrected chi connectivity index (χ0v) is 17.4. The number of amides is 1. The molecule has 1 aliphatic heterocycles. The van der Waals surface area contributed by atoms with Gasteiger partial charge in [-0.05, 0) is 43.7 Å². The summed E-state index contributed by atoms with van der Waals surface area (Å²) in [7, 11) is -3.54. The highest BCUT2D eigenvalue weighted by Crippen LogP contribution is 2.22. The first kappa shape index (κ1) is 21.0. The molecule has 1 aliphatic rings. The van der Waals surface area contributed by atoms with Gasteiger partial charge in [0.2, 0.25) is 15.9 Å². The number of rotatable bonds is 5. The van der Waals surface area contributed by atoms with E-state index in [0.29, 0.717) is 42.3 Å². The minimum Gasteiger partial charge on any atom is -0.325 e. The zero-order chi connectivity index (χ0) is 21.0. The summed E-state index contributed by atoms with van der Waals surface area (Å²) in [4.78, 5) is 14.6. The molecule has 2 aromatic rings. The highest BCUT2D eigenvalue weighted by atomic mass is 32.2. The van der Waals surface area contributed by atoms with Crippen molar-refractivity contribution in [1.82, 2.24) is 9.21 Å². The lowest BCUT2D eigenvalue weighted by Gasteiger charge is -2.33. The van der Waals surface area contributed by atoms with Crippen molar-refractivity contribution < 1.29 is 13.2 Å². The Morgan fingerprint density at radius 2 is 1.83 bits per heavy atom. The number of nitriles is 1. The number of piperazine rings is 1. The molecule has 0 aromatic heterocycles. The van der Waals surface area contributed by atoms with Gasteiger partial charge in [-0.2, -0.15) is 9.57 Å². The smallest absolute Gasteiger partial charge is 0.243 e. The van der Waals surface area contributed by atoms with E-state index in [4.69, 9.17) is 5.26 Å². The summed E-state index contributed by atoms with van der Waals surface area (Å²) in [5.74, 6) is -0.189. The maximum atomic E-state index is 13.0. The molecule has 0 atom stereocenters. The number of sulfonamides is 1. The van der Waals surface area contributed by atoms with Crippen LogP contribution in [0.4, 0.5) is 5.69 Å². The number of anilines is 1. The van der Waals surface area contributed by atoms with Crippen LogP contribution in [-0.2, 0) is 14.8 Å². The number of hydrogen-bond donors (Lipinski definition) is 1. The first-order valence-corrected chi connectivity index (χ1v) is 10.8. The summed E-state index contributed by atoms with van der Waals surface area (Å²) in [5.41, 5.74) is 2.82. The summed E-state index contributed by atoms with van der Waals surface area (Å²) >= 11 is 0. The van der Waals surface area contributed by atoms with Crippen molar-refractivity contribution in [2.24, 2.45) is 0 Å². The fraction of sp³-hybridized carbons (Fsp3) is 0.333. The van der Waals surface area contributed by atoms with Gasteiger partial charge < -0.3 is 5.32 Å². The maximum Gasteiger partial charge on any atom is 0.243 e. The van der Waals surface area contributed by atoms with Crippen molar-refractivity contribution >= 4 is 21.6 Å².